The summed E-state index contributed by atoms with van der Waals surface area (Å²) in [6, 6.07) is 4.28. The van der Waals surface area contributed by atoms with E-state index in [0.717, 1.165) is 25.2 Å². The third kappa shape index (κ3) is 2.78. The summed E-state index contributed by atoms with van der Waals surface area (Å²) < 4.78 is 0. The van der Waals surface area contributed by atoms with E-state index in [0.29, 0.717) is 5.41 Å². The van der Waals surface area contributed by atoms with Crippen molar-refractivity contribution in [1.29, 1.82) is 0 Å². The van der Waals surface area contributed by atoms with Crippen molar-refractivity contribution in [3.05, 3.63) is 24.0 Å². The Hall–Kier alpha value is -1.09. The number of nitrogens with zero attached hydrogens (tertiary/aromatic N) is 2. The van der Waals surface area contributed by atoms with Crippen LogP contribution < -0.4 is 10.6 Å². The molecular formula is C14H23N3. The van der Waals surface area contributed by atoms with Crippen molar-refractivity contribution >= 4 is 5.69 Å². The lowest BCUT2D eigenvalue weighted by Crippen LogP contribution is -2.23. The molecule has 0 bridgehead atoms. The maximum Gasteiger partial charge on any atom is 0.0572 e. The molecule has 0 spiro atoms. The first-order valence-electron chi connectivity index (χ1n) is 6.48. The molecular weight excluding hydrogens is 210 g/mol. The van der Waals surface area contributed by atoms with Crippen molar-refractivity contribution in [1.82, 2.24) is 4.98 Å². The SMILES string of the molecule is CC[C@H](N)c1ccc(N2CCC(C)(C)C2)cn1. The van der Waals surface area contributed by atoms with E-state index in [1.807, 2.05) is 6.20 Å². The number of anilines is 1. The zero-order valence-electron chi connectivity index (χ0n) is 11.1. The van der Waals surface area contributed by atoms with Gasteiger partial charge in [0.15, 0.2) is 0 Å². The second kappa shape index (κ2) is 4.65. The quantitative estimate of drug-likeness (QED) is 0.873. The summed E-state index contributed by atoms with van der Waals surface area (Å²) in [5.74, 6) is 0. The monoisotopic (exact) mass is 233 g/mol. The molecule has 17 heavy (non-hydrogen) atoms. The third-order valence-corrected chi connectivity index (χ3v) is 3.63. The van der Waals surface area contributed by atoms with E-state index < -0.39 is 0 Å². The van der Waals surface area contributed by atoms with Gasteiger partial charge in [-0.3, -0.25) is 4.98 Å². The van der Waals surface area contributed by atoms with Crippen molar-refractivity contribution in [2.75, 3.05) is 18.0 Å². The molecule has 0 saturated carbocycles. The van der Waals surface area contributed by atoms with E-state index in [1.165, 1.54) is 12.1 Å². The molecule has 2 rings (SSSR count). The molecule has 2 N–H and O–H groups in total. The lowest BCUT2D eigenvalue weighted by molar-refractivity contribution is 0.418. The molecule has 1 aliphatic rings. The van der Waals surface area contributed by atoms with Gasteiger partial charge in [-0.2, -0.15) is 0 Å². The van der Waals surface area contributed by atoms with E-state index in [9.17, 15) is 0 Å². The zero-order chi connectivity index (χ0) is 12.5. The molecule has 1 aromatic rings. The van der Waals surface area contributed by atoms with Crippen molar-refractivity contribution in [2.45, 2.75) is 39.7 Å². The smallest absolute Gasteiger partial charge is 0.0572 e. The molecule has 0 unspecified atom stereocenters. The highest BCUT2D eigenvalue weighted by atomic mass is 15.2. The third-order valence-electron chi connectivity index (χ3n) is 3.63. The first-order valence-corrected chi connectivity index (χ1v) is 6.48. The molecule has 1 aromatic heterocycles. The van der Waals surface area contributed by atoms with E-state index in [1.54, 1.807) is 0 Å². The van der Waals surface area contributed by atoms with Crippen LogP contribution in [0.1, 0.15) is 45.3 Å². The second-order valence-electron chi connectivity index (χ2n) is 5.79. The lowest BCUT2D eigenvalue weighted by atomic mass is 9.93. The minimum atomic E-state index is 0.0686. The molecule has 3 nitrogen and oxygen atoms in total. The first-order chi connectivity index (χ1) is 8.02. The summed E-state index contributed by atoms with van der Waals surface area (Å²) in [4.78, 5) is 6.89. The Morgan fingerprint density at radius 2 is 2.24 bits per heavy atom. The van der Waals surface area contributed by atoms with Crippen LogP contribution in [0.2, 0.25) is 0 Å². The fourth-order valence-electron chi connectivity index (χ4n) is 2.35. The van der Waals surface area contributed by atoms with Crippen LogP contribution in [0, 0.1) is 5.41 Å². The molecule has 1 fully saturated rings. The minimum absolute atomic E-state index is 0.0686. The average Bonchev–Trinajstić information content (AvgIpc) is 2.69. The van der Waals surface area contributed by atoms with Gasteiger partial charge >= 0.3 is 0 Å². The number of pyridine rings is 1. The number of nitrogens with two attached hydrogens (primary N) is 1. The lowest BCUT2D eigenvalue weighted by Gasteiger charge is -2.21. The summed E-state index contributed by atoms with van der Waals surface area (Å²) >= 11 is 0. The van der Waals surface area contributed by atoms with Gasteiger partial charge in [-0.25, -0.2) is 0 Å². The van der Waals surface area contributed by atoms with Gasteiger partial charge in [0.05, 0.1) is 17.6 Å². The van der Waals surface area contributed by atoms with E-state index in [-0.39, 0.29) is 6.04 Å². The van der Waals surface area contributed by atoms with Gasteiger partial charge in [0, 0.05) is 19.1 Å². The molecule has 2 heterocycles. The van der Waals surface area contributed by atoms with Crippen LogP contribution in [-0.2, 0) is 0 Å². The summed E-state index contributed by atoms with van der Waals surface area (Å²) in [5, 5.41) is 0. The van der Waals surface area contributed by atoms with Crippen molar-refractivity contribution < 1.29 is 0 Å². The predicted octanol–water partition coefficient (Wildman–Crippen LogP) is 2.73. The zero-order valence-corrected chi connectivity index (χ0v) is 11.1. The van der Waals surface area contributed by atoms with Crippen molar-refractivity contribution in [3.63, 3.8) is 0 Å². The first kappa shape index (κ1) is 12.4. The maximum absolute atomic E-state index is 5.96. The maximum atomic E-state index is 5.96. The topological polar surface area (TPSA) is 42.1 Å². The largest absolute Gasteiger partial charge is 0.370 e. The molecule has 1 atom stereocenters. The Morgan fingerprint density at radius 1 is 1.47 bits per heavy atom. The Morgan fingerprint density at radius 3 is 2.71 bits per heavy atom. The van der Waals surface area contributed by atoms with Crippen LogP contribution in [-0.4, -0.2) is 18.1 Å². The van der Waals surface area contributed by atoms with Gasteiger partial charge in [0.1, 0.15) is 0 Å². The molecule has 94 valence electrons. The van der Waals surface area contributed by atoms with Crippen LogP contribution in [0.5, 0.6) is 0 Å². The normalized spacial score (nSPS) is 20.6. The predicted molar refractivity (Wildman–Crippen MR) is 72.1 cm³/mol. The molecule has 0 aromatic carbocycles. The standard InChI is InChI=1S/C14H23N3/c1-4-12(15)13-6-5-11(9-16-13)17-8-7-14(2,3)10-17/h5-6,9,12H,4,7-8,10,15H2,1-3H3/t12-/m0/s1. The van der Waals surface area contributed by atoms with Gasteiger partial charge in [-0.05, 0) is 30.4 Å². The molecule has 0 aliphatic carbocycles. The van der Waals surface area contributed by atoms with Gasteiger partial charge in [-0.15, -0.1) is 0 Å². The number of rotatable bonds is 3. The van der Waals surface area contributed by atoms with Crippen LogP contribution in [0.3, 0.4) is 0 Å². The summed E-state index contributed by atoms with van der Waals surface area (Å²) in [5.41, 5.74) is 8.61. The average molecular weight is 233 g/mol. The number of hydrogen-bond acceptors (Lipinski definition) is 3. The Labute approximate surface area is 104 Å². The Kier molecular flexibility index (Phi) is 3.38. The Balaban J connectivity index is 2.09. The summed E-state index contributed by atoms with van der Waals surface area (Å²) in [6.07, 6.45) is 4.15. The number of hydrogen-bond donors (Lipinski definition) is 1. The fraction of sp³-hybridized carbons (Fsp3) is 0.643. The van der Waals surface area contributed by atoms with E-state index >= 15 is 0 Å². The van der Waals surface area contributed by atoms with Crippen molar-refractivity contribution in [2.24, 2.45) is 11.1 Å². The van der Waals surface area contributed by atoms with Gasteiger partial charge in [-0.1, -0.05) is 20.8 Å². The van der Waals surface area contributed by atoms with Gasteiger partial charge < -0.3 is 10.6 Å². The summed E-state index contributed by atoms with van der Waals surface area (Å²) in [6.45, 7) is 8.98. The molecule has 1 saturated heterocycles. The molecule has 1 aliphatic heterocycles. The van der Waals surface area contributed by atoms with Crippen molar-refractivity contribution in [3.8, 4) is 0 Å². The summed E-state index contributed by atoms with van der Waals surface area (Å²) in [7, 11) is 0. The van der Waals surface area contributed by atoms with Crippen LogP contribution in [0.4, 0.5) is 5.69 Å². The highest BCUT2D eigenvalue weighted by Crippen LogP contribution is 2.32. The molecule has 0 radical (unpaired) electrons. The van der Waals surface area contributed by atoms with E-state index in [2.05, 4.69) is 42.8 Å². The Bertz CT molecular complexity index is 370. The van der Waals surface area contributed by atoms with Crippen LogP contribution >= 0.6 is 0 Å². The van der Waals surface area contributed by atoms with Gasteiger partial charge in [0.2, 0.25) is 0 Å². The molecule has 3 heteroatoms. The minimum Gasteiger partial charge on any atom is -0.370 e. The highest BCUT2D eigenvalue weighted by Gasteiger charge is 2.29. The second-order valence-corrected chi connectivity index (χ2v) is 5.79. The number of aromatic nitrogens is 1. The van der Waals surface area contributed by atoms with Gasteiger partial charge in [0.25, 0.3) is 0 Å². The molecule has 0 amide bonds. The van der Waals surface area contributed by atoms with E-state index in [4.69, 9.17) is 5.73 Å². The van der Waals surface area contributed by atoms with Crippen LogP contribution in [0.25, 0.3) is 0 Å². The highest BCUT2D eigenvalue weighted by molar-refractivity contribution is 5.46. The van der Waals surface area contributed by atoms with Crippen LogP contribution in [0.15, 0.2) is 18.3 Å². The fourth-order valence-corrected chi connectivity index (χ4v) is 2.35.